The van der Waals surface area contributed by atoms with Gasteiger partial charge in [0.15, 0.2) is 0 Å². The molecule has 0 unspecified atom stereocenters. The summed E-state index contributed by atoms with van der Waals surface area (Å²) in [5, 5.41) is 0. The maximum absolute atomic E-state index is 13.0. The fourth-order valence-electron chi connectivity index (χ4n) is 7.01. The summed E-state index contributed by atoms with van der Waals surface area (Å²) in [5.41, 5.74) is 4.75. The Kier molecular flexibility index (Phi) is 3.47. The molecule has 2 nitrogen and oxygen atoms in total. The van der Waals surface area contributed by atoms with E-state index in [-0.39, 0.29) is 11.3 Å². The Morgan fingerprint density at radius 2 is 1.96 bits per heavy atom. The third-order valence-electron chi connectivity index (χ3n) is 8.28. The molecule has 0 aromatic carbocycles. The molecule has 0 aromatic heterocycles. The van der Waals surface area contributed by atoms with Crippen LogP contribution in [-0.4, -0.2) is 11.6 Å². The molecule has 0 N–H and O–H groups in total. The summed E-state index contributed by atoms with van der Waals surface area (Å²) in [6, 6.07) is 0. The van der Waals surface area contributed by atoms with Crippen molar-refractivity contribution in [3.05, 3.63) is 22.8 Å². The van der Waals surface area contributed by atoms with E-state index in [0.717, 1.165) is 38.5 Å². The van der Waals surface area contributed by atoms with Crippen LogP contribution in [0.3, 0.4) is 0 Å². The number of fused-ring (bicyclic) bond motifs is 4. The second-order valence-corrected chi connectivity index (χ2v) is 9.79. The minimum Gasteiger partial charge on any atom is -0.299 e. The quantitative estimate of drug-likeness (QED) is 0.707. The third-order valence-corrected chi connectivity index (χ3v) is 8.28. The monoisotopic (exact) mass is 338 g/mol. The molecule has 25 heavy (non-hydrogen) atoms. The van der Waals surface area contributed by atoms with Gasteiger partial charge in [-0.15, -0.1) is 0 Å². The zero-order chi connectivity index (χ0) is 17.3. The zero-order valence-electron chi connectivity index (χ0n) is 15.6. The third kappa shape index (κ3) is 2.28. The van der Waals surface area contributed by atoms with Crippen LogP contribution < -0.4 is 0 Å². The van der Waals surface area contributed by atoms with Crippen LogP contribution in [0.5, 0.6) is 0 Å². The van der Waals surface area contributed by atoms with Crippen molar-refractivity contribution < 1.29 is 9.59 Å². The van der Waals surface area contributed by atoms with E-state index in [0.29, 0.717) is 41.7 Å². The number of carbonyl (C=O) groups excluding carboxylic acids is 2. The lowest BCUT2D eigenvalue weighted by Gasteiger charge is -2.47. The van der Waals surface area contributed by atoms with Crippen LogP contribution in [0.1, 0.15) is 71.6 Å². The van der Waals surface area contributed by atoms with E-state index in [9.17, 15) is 9.59 Å². The van der Waals surface area contributed by atoms with Gasteiger partial charge in [0.2, 0.25) is 0 Å². The summed E-state index contributed by atoms with van der Waals surface area (Å²) in [4.78, 5) is 24.9. The summed E-state index contributed by atoms with van der Waals surface area (Å²) in [7, 11) is 0. The van der Waals surface area contributed by atoms with E-state index in [1.807, 2.05) is 0 Å². The molecule has 2 fully saturated rings. The Morgan fingerprint density at radius 3 is 2.72 bits per heavy atom. The molecule has 2 heteroatoms. The molecular weight excluding hydrogens is 308 g/mol. The van der Waals surface area contributed by atoms with Crippen molar-refractivity contribution in [2.45, 2.75) is 71.6 Å². The van der Waals surface area contributed by atoms with Crippen molar-refractivity contribution in [3.63, 3.8) is 0 Å². The van der Waals surface area contributed by atoms with Crippen molar-refractivity contribution >= 4 is 11.6 Å². The second-order valence-electron chi connectivity index (χ2n) is 9.79. The van der Waals surface area contributed by atoms with E-state index in [1.54, 1.807) is 11.1 Å². The van der Waals surface area contributed by atoms with Gasteiger partial charge in [-0.05, 0) is 79.3 Å². The second kappa shape index (κ2) is 5.41. The summed E-state index contributed by atoms with van der Waals surface area (Å²) >= 11 is 0. The summed E-state index contributed by atoms with van der Waals surface area (Å²) in [6.45, 7) is 4.76. The smallest absolute Gasteiger partial charge is 0.139 e. The van der Waals surface area contributed by atoms with Gasteiger partial charge in [0.1, 0.15) is 11.6 Å². The molecule has 2 saturated carbocycles. The normalized spacial score (nSPS) is 43.3. The fraction of sp³-hybridized carbons (Fsp3) is 0.739. The van der Waals surface area contributed by atoms with Crippen molar-refractivity contribution in [1.82, 2.24) is 0 Å². The highest BCUT2D eigenvalue weighted by atomic mass is 16.1. The van der Waals surface area contributed by atoms with Crippen LogP contribution in [0.25, 0.3) is 0 Å². The average Bonchev–Trinajstić information content (AvgIpc) is 3.38. The van der Waals surface area contributed by atoms with E-state index in [4.69, 9.17) is 0 Å². The predicted molar refractivity (Wildman–Crippen MR) is 97.9 cm³/mol. The minimum absolute atomic E-state index is 0.176. The lowest BCUT2D eigenvalue weighted by Crippen LogP contribution is -2.42. The average molecular weight is 338 g/mol. The highest BCUT2D eigenvalue weighted by Gasteiger charge is 2.58. The standard InChI is InChI=1S/C23H30O2/c1-13-11-20-19-7-5-15-12-16(24)6-8-17(15)18(19)9-10-23(20,2)21(13)22(25)14-3-4-14/h9,13-14,19-21H,3-8,10-12H2,1-2H3/t13-,19-,20+,21-,23+/m1/s1. The van der Waals surface area contributed by atoms with E-state index >= 15 is 0 Å². The molecule has 0 bridgehead atoms. The van der Waals surface area contributed by atoms with E-state index in [1.165, 1.54) is 18.4 Å². The molecule has 5 rings (SSSR count). The van der Waals surface area contributed by atoms with Gasteiger partial charge in [-0.3, -0.25) is 9.59 Å². The highest BCUT2D eigenvalue weighted by molar-refractivity contribution is 5.87. The molecule has 5 aliphatic carbocycles. The number of Topliss-reactive ketones (excluding diaryl/α,β-unsaturated/α-hetero) is 2. The largest absolute Gasteiger partial charge is 0.299 e. The van der Waals surface area contributed by atoms with Crippen LogP contribution >= 0.6 is 0 Å². The molecule has 5 atom stereocenters. The Hall–Kier alpha value is -1.18. The maximum Gasteiger partial charge on any atom is 0.139 e. The minimum atomic E-state index is 0.176. The van der Waals surface area contributed by atoms with E-state index in [2.05, 4.69) is 19.9 Å². The van der Waals surface area contributed by atoms with Crippen molar-refractivity contribution in [2.75, 3.05) is 0 Å². The molecule has 134 valence electrons. The van der Waals surface area contributed by atoms with Crippen molar-refractivity contribution in [3.8, 4) is 0 Å². The van der Waals surface area contributed by atoms with Crippen molar-refractivity contribution in [2.24, 2.45) is 35.0 Å². The summed E-state index contributed by atoms with van der Waals surface area (Å²) in [5.74, 6) is 3.55. The Balaban J connectivity index is 1.50. The number of allylic oxidation sites excluding steroid dienone is 4. The molecular formula is C23H30O2. The number of ketones is 2. The Morgan fingerprint density at radius 1 is 1.16 bits per heavy atom. The topological polar surface area (TPSA) is 34.1 Å². The van der Waals surface area contributed by atoms with Crippen LogP contribution in [0, 0.1) is 35.0 Å². The lowest BCUT2D eigenvalue weighted by molar-refractivity contribution is -0.129. The SMILES string of the molecule is C[C@@H]1C[C@H]2[C@@H]3CCC4=C(CCC(=O)C4)C3=CC[C@]2(C)[C@H]1C(=O)C1CC1. The summed E-state index contributed by atoms with van der Waals surface area (Å²) < 4.78 is 0. The molecule has 0 aliphatic heterocycles. The van der Waals surface area contributed by atoms with Gasteiger partial charge in [0.05, 0.1) is 0 Å². The number of hydrogen-bond acceptors (Lipinski definition) is 2. The molecule has 0 spiro atoms. The number of carbonyl (C=O) groups is 2. The van der Waals surface area contributed by atoms with E-state index < -0.39 is 0 Å². The van der Waals surface area contributed by atoms with Crippen LogP contribution in [0.15, 0.2) is 22.8 Å². The van der Waals surface area contributed by atoms with Crippen LogP contribution in [-0.2, 0) is 9.59 Å². The predicted octanol–water partition coefficient (Wildman–Crippen LogP) is 5.03. The molecule has 0 amide bonds. The first kappa shape index (κ1) is 16.0. The Labute approximate surface area is 151 Å². The van der Waals surface area contributed by atoms with Gasteiger partial charge < -0.3 is 0 Å². The molecule has 0 aromatic rings. The first-order chi connectivity index (χ1) is 12.0. The number of rotatable bonds is 2. The molecule has 0 heterocycles. The molecule has 0 saturated heterocycles. The van der Waals surface area contributed by atoms with Crippen molar-refractivity contribution in [1.29, 1.82) is 0 Å². The van der Waals surface area contributed by atoms with Gasteiger partial charge >= 0.3 is 0 Å². The first-order valence-corrected chi connectivity index (χ1v) is 10.5. The molecule has 0 radical (unpaired) electrons. The van der Waals surface area contributed by atoms with Gasteiger partial charge in [0, 0.05) is 24.7 Å². The highest BCUT2D eigenvalue weighted by Crippen LogP contribution is 2.63. The number of hydrogen-bond donors (Lipinski definition) is 0. The molecule has 5 aliphatic rings. The van der Waals surface area contributed by atoms with Crippen LogP contribution in [0.4, 0.5) is 0 Å². The van der Waals surface area contributed by atoms with Gasteiger partial charge in [-0.25, -0.2) is 0 Å². The fourth-order valence-corrected chi connectivity index (χ4v) is 7.01. The summed E-state index contributed by atoms with van der Waals surface area (Å²) in [6.07, 6.45) is 11.8. The van der Waals surface area contributed by atoms with Gasteiger partial charge in [-0.2, -0.15) is 0 Å². The van der Waals surface area contributed by atoms with Gasteiger partial charge in [0.25, 0.3) is 0 Å². The Bertz CT molecular complexity index is 708. The van der Waals surface area contributed by atoms with Crippen LogP contribution in [0.2, 0.25) is 0 Å². The lowest BCUT2D eigenvalue weighted by atomic mass is 9.56. The first-order valence-electron chi connectivity index (χ1n) is 10.5. The zero-order valence-corrected chi connectivity index (χ0v) is 15.6. The van der Waals surface area contributed by atoms with Gasteiger partial charge in [-0.1, -0.05) is 25.5 Å². The maximum atomic E-state index is 13.0.